The van der Waals surface area contributed by atoms with Gasteiger partial charge < -0.3 is 14.8 Å². The second-order valence-corrected chi connectivity index (χ2v) is 4.09. The zero-order chi connectivity index (χ0) is 12.3. The molecule has 2 heterocycles. The summed E-state index contributed by atoms with van der Waals surface area (Å²) < 4.78 is 2.04. The van der Waals surface area contributed by atoms with Crippen molar-refractivity contribution in [3.8, 4) is 0 Å². The second-order valence-electron chi connectivity index (χ2n) is 4.09. The smallest absolute Gasteiger partial charge is 0.404 e. The second kappa shape index (κ2) is 4.91. The van der Waals surface area contributed by atoms with Crippen LogP contribution in [0.2, 0.25) is 0 Å². The number of rotatable bonds is 4. The quantitative estimate of drug-likeness (QED) is 0.851. The summed E-state index contributed by atoms with van der Waals surface area (Å²) in [6.07, 6.45) is 4.54. The Morgan fingerprint density at radius 3 is 2.94 bits per heavy atom. The Labute approximate surface area is 99.9 Å². The van der Waals surface area contributed by atoms with Crippen molar-refractivity contribution >= 4 is 11.6 Å². The molecule has 0 bridgehead atoms. The van der Waals surface area contributed by atoms with Crippen LogP contribution in [-0.4, -0.2) is 21.6 Å². The van der Waals surface area contributed by atoms with Crippen molar-refractivity contribution in [2.24, 2.45) is 0 Å². The lowest BCUT2D eigenvalue weighted by Gasteiger charge is -2.14. The van der Waals surface area contributed by atoms with E-state index in [2.05, 4.69) is 5.32 Å². The predicted molar refractivity (Wildman–Crippen MR) is 66.3 cm³/mol. The van der Waals surface area contributed by atoms with Crippen molar-refractivity contribution in [1.29, 1.82) is 0 Å². The van der Waals surface area contributed by atoms with Crippen LogP contribution in [-0.2, 0) is 6.42 Å². The van der Waals surface area contributed by atoms with Crippen LogP contribution in [0.3, 0.4) is 0 Å². The Morgan fingerprint density at radius 1 is 1.41 bits per heavy atom. The maximum Gasteiger partial charge on any atom is 0.404 e. The first kappa shape index (κ1) is 11.5. The van der Waals surface area contributed by atoms with Gasteiger partial charge in [-0.15, -0.1) is 0 Å². The van der Waals surface area contributed by atoms with Crippen LogP contribution >= 0.6 is 0 Å². The van der Waals surface area contributed by atoms with Crippen LogP contribution in [0.1, 0.15) is 18.9 Å². The molecule has 0 radical (unpaired) electrons. The monoisotopic (exact) mass is 232 g/mol. The van der Waals surface area contributed by atoms with E-state index in [9.17, 15) is 4.79 Å². The van der Waals surface area contributed by atoms with E-state index in [1.165, 1.54) is 5.56 Å². The zero-order valence-corrected chi connectivity index (χ0v) is 9.76. The third kappa shape index (κ3) is 2.58. The largest absolute Gasteiger partial charge is 0.465 e. The van der Waals surface area contributed by atoms with Gasteiger partial charge in [-0.05, 0) is 36.6 Å². The van der Waals surface area contributed by atoms with Gasteiger partial charge in [0.15, 0.2) is 0 Å². The average Bonchev–Trinajstić information content (AvgIpc) is 2.71. The van der Waals surface area contributed by atoms with E-state index >= 15 is 0 Å². The van der Waals surface area contributed by atoms with E-state index in [-0.39, 0.29) is 6.04 Å². The third-order valence-electron chi connectivity index (χ3n) is 2.94. The maximum atomic E-state index is 10.6. The number of amides is 1. The van der Waals surface area contributed by atoms with Gasteiger partial charge in [-0.3, -0.25) is 0 Å². The Hall–Kier alpha value is -1.97. The van der Waals surface area contributed by atoms with Gasteiger partial charge in [0, 0.05) is 24.0 Å². The SMILES string of the molecule is CCC(Cc1ccn2ccccc12)NC(=O)O. The van der Waals surface area contributed by atoms with Crippen molar-refractivity contribution in [3.05, 3.63) is 42.2 Å². The highest BCUT2D eigenvalue weighted by atomic mass is 16.4. The van der Waals surface area contributed by atoms with Gasteiger partial charge in [0.25, 0.3) is 0 Å². The van der Waals surface area contributed by atoms with E-state index in [0.29, 0.717) is 0 Å². The molecular formula is C13H16N2O2. The van der Waals surface area contributed by atoms with Crippen molar-refractivity contribution in [1.82, 2.24) is 9.72 Å². The number of nitrogens with zero attached hydrogens (tertiary/aromatic N) is 1. The molecule has 4 heteroatoms. The molecule has 1 atom stereocenters. The summed E-state index contributed by atoms with van der Waals surface area (Å²) in [6.45, 7) is 1.98. The molecule has 2 aromatic heterocycles. The summed E-state index contributed by atoms with van der Waals surface area (Å²) >= 11 is 0. The number of carboxylic acid groups (broad SMARTS) is 1. The minimum Gasteiger partial charge on any atom is -0.465 e. The van der Waals surface area contributed by atoms with Gasteiger partial charge in [0.05, 0.1) is 0 Å². The van der Waals surface area contributed by atoms with Gasteiger partial charge in [-0.1, -0.05) is 13.0 Å². The molecule has 0 saturated carbocycles. The Bertz CT molecular complexity index is 519. The van der Waals surface area contributed by atoms with Crippen molar-refractivity contribution in [2.45, 2.75) is 25.8 Å². The lowest BCUT2D eigenvalue weighted by atomic mass is 10.1. The summed E-state index contributed by atoms with van der Waals surface area (Å²) in [5.74, 6) is 0. The van der Waals surface area contributed by atoms with Crippen LogP contribution in [0.4, 0.5) is 4.79 Å². The molecule has 0 aliphatic rings. The third-order valence-corrected chi connectivity index (χ3v) is 2.94. The van der Waals surface area contributed by atoms with E-state index in [1.54, 1.807) is 0 Å². The van der Waals surface area contributed by atoms with Crippen LogP contribution in [0.5, 0.6) is 0 Å². The van der Waals surface area contributed by atoms with Crippen molar-refractivity contribution in [3.63, 3.8) is 0 Å². The average molecular weight is 232 g/mol. The first-order chi connectivity index (χ1) is 8.20. The summed E-state index contributed by atoms with van der Waals surface area (Å²) in [5, 5.41) is 11.3. The Kier molecular flexibility index (Phi) is 3.32. The fraction of sp³-hybridized carbons (Fsp3) is 0.308. The summed E-state index contributed by atoms with van der Waals surface area (Å²) in [4.78, 5) is 10.6. The van der Waals surface area contributed by atoms with Crippen LogP contribution in [0.25, 0.3) is 5.52 Å². The number of carbonyl (C=O) groups is 1. The molecule has 2 N–H and O–H groups in total. The van der Waals surface area contributed by atoms with E-state index in [4.69, 9.17) is 5.11 Å². The Balaban J connectivity index is 2.19. The zero-order valence-electron chi connectivity index (χ0n) is 9.76. The van der Waals surface area contributed by atoms with E-state index in [0.717, 1.165) is 18.4 Å². The molecule has 2 rings (SSSR count). The lowest BCUT2D eigenvalue weighted by Crippen LogP contribution is -2.34. The number of pyridine rings is 1. The van der Waals surface area contributed by atoms with Gasteiger partial charge >= 0.3 is 6.09 Å². The van der Waals surface area contributed by atoms with Crippen molar-refractivity contribution < 1.29 is 9.90 Å². The number of aromatic nitrogens is 1. The molecule has 1 amide bonds. The first-order valence-corrected chi connectivity index (χ1v) is 5.74. The predicted octanol–water partition coefficient (Wildman–Crippen LogP) is 2.53. The fourth-order valence-corrected chi connectivity index (χ4v) is 2.02. The number of hydrogen-bond acceptors (Lipinski definition) is 1. The molecule has 1 unspecified atom stereocenters. The maximum absolute atomic E-state index is 10.6. The molecule has 0 spiro atoms. The molecule has 0 aliphatic heterocycles. The summed E-state index contributed by atoms with van der Waals surface area (Å²) in [7, 11) is 0. The minimum atomic E-state index is -0.958. The lowest BCUT2D eigenvalue weighted by molar-refractivity contribution is 0.189. The molecule has 0 aliphatic carbocycles. The van der Waals surface area contributed by atoms with Gasteiger partial charge in [0.2, 0.25) is 0 Å². The topological polar surface area (TPSA) is 53.7 Å². The van der Waals surface area contributed by atoms with Gasteiger partial charge in [-0.25, -0.2) is 4.79 Å². The Morgan fingerprint density at radius 2 is 2.24 bits per heavy atom. The number of fused-ring (bicyclic) bond motifs is 1. The standard InChI is InChI=1S/C13H16N2O2/c1-2-11(14-13(16)17)9-10-6-8-15-7-4-3-5-12(10)15/h3-8,11,14H,2,9H2,1H3,(H,16,17). The van der Waals surface area contributed by atoms with Gasteiger partial charge in [0.1, 0.15) is 0 Å². The molecule has 0 aromatic carbocycles. The molecule has 0 saturated heterocycles. The van der Waals surface area contributed by atoms with Crippen LogP contribution < -0.4 is 5.32 Å². The first-order valence-electron chi connectivity index (χ1n) is 5.74. The van der Waals surface area contributed by atoms with Crippen LogP contribution in [0, 0.1) is 0 Å². The molecular weight excluding hydrogens is 216 g/mol. The molecule has 17 heavy (non-hydrogen) atoms. The van der Waals surface area contributed by atoms with Crippen molar-refractivity contribution in [2.75, 3.05) is 0 Å². The summed E-state index contributed by atoms with van der Waals surface area (Å²) in [5.41, 5.74) is 2.31. The normalized spacial score (nSPS) is 12.5. The molecule has 90 valence electrons. The fourth-order valence-electron chi connectivity index (χ4n) is 2.02. The highest BCUT2D eigenvalue weighted by molar-refractivity contribution is 5.65. The summed E-state index contributed by atoms with van der Waals surface area (Å²) in [6, 6.07) is 8.03. The van der Waals surface area contributed by atoms with Gasteiger partial charge in [-0.2, -0.15) is 0 Å². The number of hydrogen-bond donors (Lipinski definition) is 2. The van der Waals surface area contributed by atoms with Crippen LogP contribution in [0.15, 0.2) is 36.7 Å². The number of nitrogens with one attached hydrogen (secondary N) is 1. The highest BCUT2D eigenvalue weighted by Crippen LogP contribution is 2.15. The molecule has 4 nitrogen and oxygen atoms in total. The van der Waals surface area contributed by atoms with E-state index in [1.807, 2.05) is 48.0 Å². The van der Waals surface area contributed by atoms with E-state index < -0.39 is 6.09 Å². The highest BCUT2D eigenvalue weighted by Gasteiger charge is 2.12. The minimum absolute atomic E-state index is 0.0288. The molecule has 0 fully saturated rings. The molecule has 2 aromatic rings.